The van der Waals surface area contributed by atoms with Crippen LogP contribution in [-0.4, -0.2) is 18.3 Å². The van der Waals surface area contributed by atoms with E-state index < -0.39 is 5.79 Å². The SMILES string of the molecule is OC(COCCc1ccccc1)(OCc1ccccc1)c1ccccc1. The Labute approximate surface area is 154 Å². The molecule has 0 aliphatic carbocycles. The fourth-order valence-corrected chi connectivity index (χ4v) is 2.73. The minimum atomic E-state index is -1.48. The van der Waals surface area contributed by atoms with Crippen LogP contribution < -0.4 is 0 Å². The molecule has 0 saturated carbocycles. The first kappa shape index (κ1) is 18.3. The maximum atomic E-state index is 11.1. The lowest BCUT2D eigenvalue weighted by molar-refractivity contribution is -0.248. The monoisotopic (exact) mass is 348 g/mol. The average Bonchev–Trinajstić information content (AvgIpc) is 2.72. The molecule has 134 valence electrons. The lowest BCUT2D eigenvalue weighted by Crippen LogP contribution is -2.35. The van der Waals surface area contributed by atoms with E-state index in [4.69, 9.17) is 9.47 Å². The topological polar surface area (TPSA) is 38.7 Å². The summed E-state index contributed by atoms with van der Waals surface area (Å²) >= 11 is 0. The van der Waals surface area contributed by atoms with Gasteiger partial charge in [0.2, 0.25) is 5.79 Å². The maximum Gasteiger partial charge on any atom is 0.216 e. The molecule has 0 fully saturated rings. The van der Waals surface area contributed by atoms with Crippen LogP contribution in [0.5, 0.6) is 0 Å². The molecule has 0 aliphatic rings. The second-order valence-corrected chi connectivity index (χ2v) is 6.21. The molecule has 0 heterocycles. The molecule has 3 rings (SSSR count). The molecular formula is C23H24O3. The van der Waals surface area contributed by atoms with Crippen LogP contribution in [0.25, 0.3) is 0 Å². The summed E-state index contributed by atoms with van der Waals surface area (Å²) in [6.07, 6.45) is 0.796. The van der Waals surface area contributed by atoms with Crippen molar-refractivity contribution >= 4 is 0 Å². The molecule has 3 aromatic carbocycles. The highest BCUT2D eigenvalue weighted by Crippen LogP contribution is 2.25. The molecule has 0 aromatic heterocycles. The van der Waals surface area contributed by atoms with Gasteiger partial charge >= 0.3 is 0 Å². The summed E-state index contributed by atoms with van der Waals surface area (Å²) in [5.41, 5.74) is 2.91. The van der Waals surface area contributed by atoms with Crippen LogP contribution in [0.1, 0.15) is 16.7 Å². The second kappa shape index (κ2) is 9.30. The zero-order valence-corrected chi connectivity index (χ0v) is 14.8. The van der Waals surface area contributed by atoms with E-state index in [1.165, 1.54) is 5.56 Å². The van der Waals surface area contributed by atoms with Gasteiger partial charge in [-0.25, -0.2) is 0 Å². The normalized spacial score (nSPS) is 13.3. The second-order valence-electron chi connectivity index (χ2n) is 6.21. The van der Waals surface area contributed by atoms with E-state index in [-0.39, 0.29) is 6.61 Å². The van der Waals surface area contributed by atoms with Gasteiger partial charge in [-0.3, -0.25) is 0 Å². The Bertz CT molecular complexity index is 759. The molecule has 1 atom stereocenters. The Hall–Kier alpha value is -2.46. The summed E-state index contributed by atoms with van der Waals surface area (Å²) in [4.78, 5) is 0. The highest BCUT2D eigenvalue weighted by molar-refractivity contribution is 5.21. The average molecular weight is 348 g/mol. The Morgan fingerprint density at radius 1 is 0.692 bits per heavy atom. The van der Waals surface area contributed by atoms with Gasteiger partial charge in [0.25, 0.3) is 0 Å². The highest BCUT2D eigenvalue weighted by Gasteiger charge is 2.30. The van der Waals surface area contributed by atoms with Crippen LogP contribution in [0.3, 0.4) is 0 Å². The van der Waals surface area contributed by atoms with Gasteiger partial charge in [-0.05, 0) is 17.5 Å². The number of rotatable bonds is 9. The van der Waals surface area contributed by atoms with Crippen molar-refractivity contribution in [3.05, 3.63) is 108 Å². The van der Waals surface area contributed by atoms with Crippen LogP contribution in [0.15, 0.2) is 91.0 Å². The Morgan fingerprint density at radius 2 is 1.23 bits per heavy atom. The lowest BCUT2D eigenvalue weighted by atomic mass is 10.1. The van der Waals surface area contributed by atoms with Crippen LogP contribution in [-0.2, 0) is 28.3 Å². The number of hydrogen-bond donors (Lipinski definition) is 1. The van der Waals surface area contributed by atoms with Crippen molar-refractivity contribution in [1.82, 2.24) is 0 Å². The molecule has 0 aliphatic heterocycles. The lowest BCUT2D eigenvalue weighted by Gasteiger charge is -2.28. The first-order chi connectivity index (χ1) is 12.8. The van der Waals surface area contributed by atoms with E-state index in [1.807, 2.05) is 78.9 Å². The number of benzene rings is 3. The van der Waals surface area contributed by atoms with Crippen molar-refractivity contribution < 1.29 is 14.6 Å². The Balaban J connectivity index is 1.61. The summed E-state index contributed by atoms with van der Waals surface area (Å²) in [5.74, 6) is -1.48. The molecule has 0 spiro atoms. The van der Waals surface area contributed by atoms with Gasteiger partial charge in [0, 0.05) is 5.56 Å². The van der Waals surface area contributed by atoms with Crippen LogP contribution in [0.2, 0.25) is 0 Å². The summed E-state index contributed by atoms with van der Waals surface area (Å²) in [7, 11) is 0. The molecular weight excluding hydrogens is 324 g/mol. The number of hydrogen-bond acceptors (Lipinski definition) is 3. The molecule has 3 heteroatoms. The van der Waals surface area contributed by atoms with Crippen molar-refractivity contribution in [3.63, 3.8) is 0 Å². The van der Waals surface area contributed by atoms with Crippen LogP contribution >= 0.6 is 0 Å². The molecule has 1 N–H and O–H groups in total. The molecule has 0 saturated heterocycles. The van der Waals surface area contributed by atoms with Crippen molar-refractivity contribution in [1.29, 1.82) is 0 Å². The predicted octanol–water partition coefficient (Wildman–Crippen LogP) is 4.31. The van der Waals surface area contributed by atoms with Gasteiger partial charge in [0.1, 0.15) is 6.61 Å². The standard InChI is InChI=1S/C23H24O3/c24-23(22-14-8-3-9-15-22,26-18-21-12-6-2-7-13-21)19-25-17-16-20-10-4-1-5-11-20/h1-15,24H,16-19H2. The third kappa shape index (κ3) is 5.27. The summed E-state index contributed by atoms with van der Waals surface area (Å²) in [6, 6.07) is 29.4. The van der Waals surface area contributed by atoms with Crippen molar-refractivity contribution in [2.45, 2.75) is 18.8 Å². The quantitative estimate of drug-likeness (QED) is 0.463. The molecule has 1 unspecified atom stereocenters. The molecule has 0 bridgehead atoms. The minimum absolute atomic E-state index is 0.0800. The molecule has 26 heavy (non-hydrogen) atoms. The molecule has 3 aromatic rings. The largest absolute Gasteiger partial charge is 0.375 e. The zero-order valence-electron chi connectivity index (χ0n) is 14.8. The Morgan fingerprint density at radius 3 is 1.85 bits per heavy atom. The van der Waals surface area contributed by atoms with Gasteiger partial charge in [0.05, 0.1) is 13.2 Å². The van der Waals surface area contributed by atoms with E-state index in [0.717, 1.165) is 12.0 Å². The van der Waals surface area contributed by atoms with Crippen LogP contribution in [0, 0.1) is 0 Å². The van der Waals surface area contributed by atoms with Gasteiger partial charge in [-0.15, -0.1) is 0 Å². The van der Waals surface area contributed by atoms with Crippen molar-refractivity contribution in [3.8, 4) is 0 Å². The summed E-state index contributed by atoms with van der Waals surface area (Å²) < 4.78 is 11.7. The first-order valence-corrected chi connectivity index (χ1v) is 8.84. The van der Waals surface area contributed by atoms with Crippen molar-refractivity contribution in [2.24, 2.45) is 0 Å². The molecule has 0 radical (unpaired) electrons. The summed E-state index contributed by atoms with van der Waals surface area (Å²) in [5, 5.41) is 11.1. The van der Waals surface area contributed by atoms with Gasteiger partial charge in [-0.2, -0.15) is 0 Å². The van der Waals surface area contributed by atoms with Gasteiger partial charge in [-0.1, -0.05) is 91.0 Å². The van der Waals surface area contributed by atoms with Gasteiger partial charge in [0.15, 0.2) is 0 Å². The smallest absolute Gasteiger partial charge is 0.216 e. The summed E-state index contributed by atoms with van der Waals surface area (Å²) in [6.45, 7) is 0.915. The number of ether oxygens (including phenoxy) is 2. The predicted molar refractivity (Wildman–Crippen MR) is 103 cm³/mol. The van der Waals surface area contributed by atoms with Crippen LogP contribution in [0.4, 0.5) is 0 Å². The van der Waals surface area contributed by atoms with E-state index in [1.54, 1.807) is 0 Å². The molecule has 3 nitrogen and oxygen atoms in total. The fraction of sp³-hybridized carbons (Fsp3) is 0.217. The third-order valence-corrected chi connectivity index (χ3v) is 4.22. The van der Waals surface area contributed by atoms with E-state index in [2.05, 4.69) is 12.1 Å². The van der Waals surface area contributed by atoms with E-state index in [9.17, 15) is 5.11 Å². The van der Waals surface area contributed by atoms with Gasteiger partial charge < -0.3 is 14.6 Å². The maximum absolute atomic E-state index is 11.1. The molecule has 0 amide bonds. The zero-order chi connectivity index (χ0) is 18.1. The van der Waals surface area contributed by atoms with E-state index in [0.29, 0.717) is 18.8 Å². The van der Waals surface area contributed by atoms with E-state index >= 15 is 0 Å². The minimum Gasteiger partial charge on any atom is -0.375 e. The number of aliphatic hydroxyl groups is 1. The highest BCUT2D eigenvalue weighted by atomic mass is 16.6. The third-order valence-electron chi connectivity index (χ3n) is 4.22. The Kier molecular flexibility index (Phi) is 6.56. The van der Waals surface area contributed by atoms with Crippen molar-refractivity contribution in [2.75, 3.05) is 13.2 Å². The first-order valence-electron chi connectivity index (χ1n) is 8.84. The fourth-order valence-electron chi connectivity index (χ4n) is 2.73.